The SMILES string of the molecule is CCC(C)NC(=NC)NCc1cccc(NC(=O)c2ccco2)c1.I. The van der Waals surface area contributed by atoms with Crippen molar-refractivity contribution >= 4 is 41.5 Å². The number of nitrogens with zero attached hydrogens (tertiary/aromatic N) is 1. The molecule has 0 radical (unpaired) electrons. The van der Waals surface area contributed by atoms with Gasteiger partial charge < -0.3 is 20.4 Å². The van der Waals surface area contributed by atoms with Gasteiger partial charge in [-0.25, -0.2) is 0 Å². The van der Waals surface area contributed by atoms with Crippen LogP contribution in [0.5, 0.6) is 0 Å². The molecule has 3 N–H and O–H groups in total. The summed E-state index contributed by atoms with van der Waals surface area (Å²) in [6.45, 7) is 4.84. The molecule has 0 fully saturated rings. The molecule has 2 aromatic rings. The van der Waals surface area contributed by atoms with Crippen LogP contribution in [0, 0.1) is 0 Å². The predicted molar refractivity (Wildman–Crippen MR) is 112 cm³/mol. The molecular weight excluding hydrogens is 431 g/mol. The normalized spacial score (nSPS) is 12.0. The van der Waals surface area contributed by atoms with Gasteiger partial charge in [0.15, 0.2) is 11.7 Å². The van der Waals surface area contributed by atoms with E-state index in [1.165, 1.54) is 6.26 Å². The molecule has 0 bridgehead atoms. The van der Waals surface area contributed by atoms with Gasteiger partial charge in [0.25, 0.3) is 5.91 Å². The lowest BCUT2D eigenvalue weighted by atomic mass is 10.2. The monoisotopic (exact) mass is 456 g/mol. The number of guanidine groups is 1. The summed E-state index contributed by atoms with van der Waals surface area (Å²) in [4.78, 5) is 16.2. The van der Waals surface area contributed by atoms with Crippen LogP contribution in [0.4, 0.5) is 5.69 Å². The van der Waals surface area contributed by atoms with E-state index in [9.17, 15) is 4.79 Å². The third kappa shape index (κ3) is 6.77. The van der Waals surface area contributed by atoms with E-state index in [0.29, 0.717) is 12.6 Å². The molecule has 0 spiro atoms. The number of carbonyl (C=O) groups excluding carboxylic acids is 1. The van der Waals surface area contributed by atoms with Crippen molar-refractivity contribution in [3.8, 4) is 0 Å². The molecule has 0 aliphatic rings. The number of carbonyl (C=O) groups is 1. The summed E-state index contributed by atoms with van der Waals surface area (Å²) in [5, 5.41) is 9.40. The molecular formula is C18H25IN4O2. The summed E-state index contributed by atoms with van der Waals surface area (Å²) in [6, 6.07) is 11.3. The summed E-state index contributed by atoms with van der Waals surface area (Å²) < 4.78 is 5.09. The van der Waals surface area contributed by atoms with Crippen LogP contribution in [0.25, 0.3) is 0 Å². The van der Waals surface area contributed by atoms with E-state index in [2.05, 4.69) is 34.8 Å². The van der Waals surface area contributed by atoms with E-state index in [0.717, 1.165) is 23.6 Å². The summed E-state index contributed by atoms with van der Waals surface area (Å²) in [5.41, 5.74) is 1.76. The highest BCUT2D eigenvalue weighted by Gasteiger charge is 2.09. The van der Waals surface area contributed by atoms with Crippen molar-refractivity contribution in [1.29, 1.82) is 0 Å². The first-order valence-electron chi connectivity index (χ1n) is 8.03. The van der Waals surface area contributed by atoms with Gasteiger partial charge in [-0.15, -0.1) is 24.0 Å². The Labute approximate surface area is 165 Å². The molecule has 25 heavy (non-hydrogen) atoms. The Morgan fingerprint density at radius 2 is 2.08 bits per heavy atom. The zero-order chi connectivity index (χ0) is 17.4. The molecule has 2 rings (SSSR count). The van der Waals surface area contributed by atoms with E-state index in [4.69, 9.17) is 4.42 Å². The third-order valence-corrected chi connectivity index (χ3v) is 3.61. The van der Waals surface area contributed by atoms with Crippen molar-refractivity contribution in [2.45, 2.75) is 32.9 Å². The van der Waals surface area contributed by atoms with E-state index in [-0.39, 0.29) is 35.6 Å². The lowest BCUT2D eigenvalue weighted by Gasteiger charge is -2.16. The first-order chi connectivity index (χ1) is 11.6. The molecule has 1 aromatic carbocycles. The number of anilines is 1. The van der Waals surface area contributed by atoms with Crippen molar-refractivity contribution in [3.63, 3.8) is 0 Å². The molecule has 0 saturated carbocycles. The Balaban J connectivity index is 0.00000312. The lowest BCUT2D eigenvalue weighted by molar-refractivity contribution is 0.0996. The molecule has 7 heteroatoms. The first kappa shape index (κ1) is 21.0. The maximum absolute atomic E-state index is 12.0. The fourth-order valence-corrected chi connectivity index (χ4v) is 2.08. The maximum atomic E-state index is 12.0. The van der Waals surface area contributed by atoms with Crippen LogP contribution in [0.2, 0.25) is 0 Å². The largest absolute Gasteiger partial charge is 0.459 e. The lowest BCUT2D eigenvalue weighted by Crippen LogP contribution is -2.41. The van der Waals surface area contributed by atoms with Gasteiger partial charge in [-0.2, -0.15) is 0 Å². The molecule has 0 aliphatic carbocycles. The van der Waals surface area contributed by atoms with Gasteiger partial charge in [-0.3, -0.25) is 9.79 Å². The Morgan fingerprint density at radius 3 is 2.72 bits per heavy atom. The minimum atomic E-state index is -0.264. The van der Waals surface area contributed by atoms with Gasteiger partial charge in [0, 0.05) is 25.3 Å². The second-order valence-electron chi connectivity index (χ2n) is 5.51. The van der Waals surface area contributed by atoms with Crippen molar-refractivity contribution in [2.24, 2.45) is 4.99 Å². The van der Waals surface area contributed by atoms with Crippen LogP contribution in [0.3, 0.4) is 0 Å². The molecule has 6 nitrogen and oxygen atoms in total. The molecule has 1 atom stereocenters. The van der Waals surface area contributed by atoms with Crippen LogP contribution in [0.15, 0.2) is 52.1 Å². The van der Waals surface area contributed by atoms with Gasteiger partial charge in [0.05, 0.1) is 6.26 Å². The Hall–Kier alpha value is -2.03. The molecule has 1 heterocycles. The minimum absolute atomic E-state index is 0. The van der Waals surface area contributed by atoms with E-state index in [1.54, 1.807) is 19.2 Å². The molecule has 1 aromatic heterocycles. The maximum Gasteiger partial charge on any atom is 0.291 e. The number of hydrogen-bond acceptors (Lipinski definition) is 3. The van der Waals surface area contributed by atoms with Crippen LogP contribution in [0.1, 0.15) is 36.4 Å². The fraction of sp³-hybridized carbons (Fsp3) is 0.333. The Kier molecular flexibility index (Phi) is 9.04. The van der Waals surface area contributed by atoms with Gasteiger partial charge in [-0.05, 0) is 43.2 Å². The van der Waals surface area contributed by atoms with Crippen LogP contribution in [-0.2, 0) is 6.54 Å². The van der Waals surface area contributed by atoms with Crippen LogP contribution < -0.4 is 16.0 Å². The number of amides is 1. The summed E-state index contributed by atoms with van der Waals surface area (Å²) in [7, 11) is 1.75. The molecule has 0 aliphatic heterocycles. The number of aliphatic imine (C=N–C) groups is 1. The van der Waals surface area contributed by atoms with Crippen molar-refractivity contribution in [2.75, 3.05) is 12.4 Å². The smallest absolute Gasteiger partial charge is 0.291 e. The Bertz CT molecular complexity index is 686. The highest BCUT2D eigenvalue weighted by Crippen LogP contribution is 2.12. The molecule has 0 saturated heterocycles. The minimum Gasteiger partial charge on any atom is -0.459 e. The number of furan rings is 1. The van der Waals surface area contributed by atoms with E-state index in [1.807, 2.05) is 24.3 Å². The average Bonchev–Trinajstić information content (AvgIpc) is 3.13. The quantitative estimate of drug-likeness (QED) is 0.353. The number of benzene rings is 1. The number of halogens is 1. The van der Waals surface area contributed by atoms with Crippen molar-refractivity contribution in [1.82, 2.24) is 10.6 Å². The molecule has 1 unspecified atom stereocenters. The summed E-state index contributed by atoms with van der Waals surface area (Å²) >= 11 is 0. The second kappa shape index (κ2) is 10.8. The van der Waals surface area contributed by atoms with Crippen molar-refractivity contribution in [3.05, 3.63) is 54.0 Å². The van der Waals surface area contributed by atoms with Gasteiger partial charge >= 0.3 is 0 Å². The molecule has 1 amide bonds. The number of hydrogen-bond donors (Lipinski definition) is 3. The van der Waals surface area contributed by atoms with Crippen LogP contribution in [-0.4, -0.2) is 25.0 Å². The zero-order valence-corrected chi connectivity index (χ0v) is 17.0. The zero-order valence-electron chi connectivity index (χ0n) is 14.7. The summed E-state index contributed by atoms with van der Waals surface area (Å²) in [6.07, 6.45) is 2.50. The van der Waals surface area contributed by atoms with Gasteiger partial charge in [-0.1, -0.05) is 19.1 Å². The van der Waals surface area contributed by atoms with Crippen LogP contribution >= 0.6 is 24.0 Å². The standard InChI is InChI=1S/C18H24N4O2.HI/c1-4-13(2)21-18(19-3)20-12-14-7-5-8-15(11-14)22-17(23)16-9-6-10-24-16;/h5-11,13H,4,12H2,1-3H3,(H,22,23)(H2,19,20,21);1H. The first-order valence-corrected chi connectivity index (χ1v) is 8.03. The highest BCUT2D eigenvalue weighted by molar-refractivity contribution is 14.0. The third-order valence-electron chi connectivity index (χ3n) is 3.61. The van der Waals surface area contributed by atoms with Crippen molar-refractivity contribution < 1.29 is 9.21 Å². The summed E-state index contributed by atoms with van der Waals surface area (Å²) in [5.74, 6) is 0.783. The number of nitrogens with one attached hydrogen (secondary N) is 3. The van der Waals surface area contributed by atoms with Gasteiger partial charge in [0.1, 0.15) is 0 Å². The predicted octanol–water partition coefficient (Wildman–Crippen LogP) is 3.61. The average molecular weight is 456 g/mol. The second-order valence-corrected chi connectivity index (χ2v) is 5.51. The Morgan fingerprint density at radius 1 is 1.28 bits per heavy atom. The van der Waals surface area contributed by atoms with E-state index >= 15 is 0 Å². The van der Waals surface area contributed by atoms with Gasteiger partial charge in [0.2, 0.25) is 0 Å². The van der Waals surface area contributed by atoms with E-state index < -0.39 is 0 Å². The highest BCUT2D eigenvalue weighted by atomic mass is 127. The number of rotatable bonds is 6. The molecule has 136 valence electrons. The fourth-order valence-electron chi connectivity index (χ4n) is 2.08. The topological polar surface area (TPSA) is 78.7 Å².